The number of anilines is 1. The third-order valence-corrected chi connectivity index (χ3v) is 11.1. The molecule has 2 saturated carbocycles. The van der Waals surface area contributed by atoms with Gasteiger partial charge < -0.3 is 21.1 Å². The Balaban J connectivity index is 1.30. The molecule has 1 saturated heterocycles. The van der Waals surface area contributed by atoms with Gasteiger partial charge in [-0.25, -0.2) is 21.6 Å². The normalized spacial score (nSPS) is 27.4. The summed E-state index contributed by atoms with van der Waals surface area (Å²) in [6.45, 7) is -0.0682. The van der Waals surface area contributed by atoms with Gasteiger partial charge in [0.25, 0.3) is 5.91 Å². The van der Waals surface area contributed by atoms with Gasteiger partial charge in [-0.2, -0.15) is 0 Å². The van der Waals surface area contributed by atoms with E-state index in [1.807, 2.05) is 0 Å². The van der Waals surface area contributed by atoms with Crippen LogP contribution >= 0.6 is 11.6 Å². The van der Waals surface area contributed by atoms with Crippen molar-refractivity contribution < 1.29 is 41.1 Å². The highest BCUT2D eigenvalue weighted by atomic mass is 35.5. The van der Waals surface area contributed by atoms with E-state index in [1.165, 1.54) is 12.1 Å². The third-order valence-electron chi connectivity index (χ3n) is 8.41. The Hall–Kier alpha value is -3.16. The van der Waals surface area contributed by atoms with Crippen LogP contribution in [-0.2, 0) is 19.4 Å². The van der Waals surface area contributed by atoms with E-state index in [0.717, 1.165) is 6.07 Å². The zero-order chi connectivity index (χ0) is 29.7. The molecule has 2 aromatic carbocycles. The summed E-state index contributed by atoms with van der Waals surface area (Å²) >= 11 is 6.25. The van der Waals surface area contributed by atoms with Crippen molar-refractivity contribution in [1.29, 1.82) is 0 Å². The molecule has 5 rings (SSSR count). The van der Waals surface area contributed by atoms with Gasteiger partial charge in [-0.05, 0) is 62.1 Å². The zero-order valence-corrected chi connectivity index (χ0v) is 23.1. The minimum Gasteiger partial charge on any atom is -0.387 e. The number of sulfone groups is 1. The molecular weight excluding hydrogens is 587 g/mol. The molecule has 1 unspecified atom stereocenters. The van der Waals surface area contributed by atoms with Gasteiger partial charge in [0, 0.05) is 36.3 Å². The van der Waals surface area contributed by atoms with E-state index in [2.05, 4.69) is 16.0 Å². The first-order chi connectivity index (χ1) is 19.3. The summed E-state index contributed by atoms with van der Waals surface area (Å²) in [4.78, 5) is 36.3. The maximum atomic E-state index is 13.7. The summed E-state index contributed by atoms with van der Waals surface area (Å²) in [5.74, 6) is -7.05. The molecule has 3 aliphatic rings. The Labute approximate surface area is 238 Å². The number of rotatable bonds is 7. The summed E-state index contributed by atoms with van der Waals surface area (Å²) in [6, 6.07) is 4.06. The third kappa shape index (κ3) is 5.54. The monoisotopic (exact) mass is 613 g/mol. The number of hydrogen-bond acceptors (Lipinski definition) is 6. The SMILES string of the molecule is O=C1CC[C@H](C(=O)NC[C@@]2(O)C3CC[C@H]2C[C@H](S(=O)(=O)c2cc(C(=O)Nc4cc(F)c(F)c(F)c4)ccc2Cl)C3)N1. The van der Waals surface area contributed by atoms with E-state index in [-0.39, 0.29) is 52.9 Å². The fourth-order valence-electron chi connectivity index (χ4n) is 6.19. The van der Waals surface area contributed by atoms with Crippen molar-refractivity contribution >= 4 is 44.8 Å². The van der Waals surface area contributed by atoms with Crippen LogP contribution in [0.25, 0.3) is 0 Å². The fraction of sp³-hybridized carbons (Fsp3) is 0.444. The molecule has 2 aliphatic carbocycles. The number of halogens is 4. The maximum Gasteiger partial charge on any atom is 0.255 e. The van der Waals surface area contributed by atoms with Crippen molar-refractivity contribution in [2.45, 2.75) is 60.3 Å². The summed E-state index contributed by atoms with van der Waals surface area (Å²) < 4.78 is 67.8. The quantitative estimate of drug-likeness (QED) is 0.354. The molecular formula is C27H27ClF3N3O6S. The van der Waals surface area contributed by atoms with Crippen molar-refractivity contribution in [3.8, 4) is 0 Å². The van der Waals surface area contributed by atoms with Crippen molar-refractivity contribution in [2.24, 2.45) is 11.8 Å². The highest BCUT2D eigenvalue weighted by Crippen LogP contribution is 2.52. The number of carbonyl (C=O) groups is 3. The second-order valence-electron chi connectivity index (χ2n) is 10.8. The molecule has 0 radical (unpaired) electrons. The van der Waals surface area contributed by atoms with E-state index >= 15 is 0 Å². The first-order valence-electron chi connectivity index (χ1n) is 13.1. The molecule has 3 fully saturated rings. The molecule has 9 nitrogen and oxygen atoms in total. The Kier molecular flexibility index (Phi) is 7.81. The van der Waals surface area contributed by atoms with Gasteiger partial charge in [0.15, 0.2) is 27.3 Å². The average Bonchev–Trinajstić information content (AvgIpc) is 3.38. The molecule has 0 spiro atoms. The van der Waals surface area contributed by atoms with E-state index < -0.39 is 67.8 Å². The van der Waals surface area contributed by atoms with E-state index in [0.29, 0.717) is 31.4 Å². The zero-order valence-electron chi connectivity index (χ0n) is 21.6. The molecule has 41 heavy (non-hydrogen) atoms. The number of fused-ring (bicyclic) bond motifs is 2. The number of hydrogen-bond donors (Lipinski definition) is 4. The van der Waals surface area contributed by atoms with Crippen molar-refractivity contribution in [1.82, 2.24) is 10.6 Å². The lowest BCUT2D eigenvalue weighted by Crippen LogP contribution is -2.56. The molecule has 1 aliphatic heterocycles. The lowest BCUT2D eigenvalue weighted by Gasteiger charge is -2.42. The van der Waals surface area contributed by atoms with Gasteiger partial charge >= 0.3 is 0 Å². The smallest absolute Gasteiger partial charge is 0.255 e. The number of benzene rings is 2. The van der Waals surface area contributed by atoms with Crippen LogP contribution in [0.15, 0.2) is 35.2 Å². The number of aliphatic hydroxyl groups is 1. The molecule has 220 valence electrons. The largest absolute Gasteiger partial charge is 0.387 e. The molecule has 1 heterocycles. The van der Waals surface area contributed by atoms with Crippen LogP contribution < -0.4 is 16.0 Å². The van der Waals surface area contributed by atoms with E-state index in [1.54, 1.807) is 0 Å². The van der Waals surface area contributed by atoms with Crippen LogP contribution in [0.4, 0.5) is 18.9 Å². The van der Waals surface area contributed by atoms with Crippen LogP contribution in [0.1, 0.15) is 48.9 Å². The van der Waals surface area contributed by atoms with Crippen molar-refractivity contribution in [2.75, 3.05) is 11.9 Å². The highest BCUT2D eigenvalue weighted by Gasteiger charge is 2.56. The summed E-state index contributed by atoms with van der Waals surface area (Å²) in [5.41, 5.74) is -1.83. The lowest BCUT2D eigenvalue weighted by atomic mass is 9.74. The van der Waals surface area contributed by atoms with Crippen molar-refractivity contribution in [3.63, 3.8) is 0 Å². The maximum absolute atomic E-state index is 13.7. The second-order valence-corrected chi connectivity index (χ2v) is 13.4. The average molecular weight is 614 g/mol. The Morgan fingerprint density at radius 2 is 1.68 bits per heavy atom. The Morgan fingerprint density at radius 3 is 2.27 bits per heavy atom. The van der Waals surface area contributed by atoms with Gasteiger partial charge in [0.2, 0.25) is 11.8 Å². The molecule has 4 N–H and O–H groups in total. The van der Waals surface area contributed by atoms with E-state index in [9.17, 15) is 41.1 Å². The molecule has 0 aromatic heterocycles. The Morgan fingerprint density at radius 1 is 1.05 bits per heavy atom. The van der Waals surface area contributed by atoms with Gasteiger partial charge in [-0.15, -0.1) is 0 Å². The van der Waals surface area contributed by atoms with Gasteiger partial charge in [0.1, 0.15) is 6.04 Å². The van der Waals surface area contributed by atoms with Gasteiger partial charge in [-0.3, -0.25) is 14.4 Å². The first kappa shape index (κ1) is 29.3. The standard InChI is InChI=1S/C27H27ClF3N3O6S/c28-18-4-1-13(25(36)33-16-10-19(29)24(31)20(30)11-16)7-22(18)41(39,40)17-8-14-2-3-15(9-17)27(14,38)12-32-26(37)21-5-6-23(35)34-21/h1,4,7,10-11,14-15,17,21,38H,2-3,5-6,8-9,12H2,(H,32,37)(H,33,36)(H,34,35)/t14-,15?,17-,21+,27-/m0/s1. The van der Waals surface area contributed by atoms with Crippen LogP contribution in [0, 0.1) is 29.3 Å². The minimum absolute atomic E-state index is 0.0682. The number of amides is 3. The fourth-order valence-corrected chi connectivity index (χ4v) is 8.59. The lowest BCUT2D eigenvalue weighted by molar-refractivity contribution is -0.128. The summed E-state index contributed by atoms with van der Waals surface area (Å²) in [5, 5.41) is 17.9. The predicted molar refractivity (Wildman–Crippen MR) is 141 cm³/mol. The molecule has 14 heteroatoms. The van der Waals surface area contributed by atoms with Crippen LogP contribution in [0.5, 0.6) is 0 Å². The minimum atomic E-state index is -4.09. The van der Waals surface area contributed by atoms with Crippen LogP contribution in [-0.4, -0.2) is 54.7 Å². The molecule has 2 aromatic rings. The molecule has 3 amide bonds. The number of nitrogens with one attached hydrogen (secondary N) is 3. The van der Waals surface area contributed by atoms with Gasteiger partial charge in [0.05, 0.1) is 20.8 Å². The predicted octanol–water partition coefficient (Wildman–Crippen LogP) is 3.10. The van der Waals surface area contributed by atoms with Crippen molar-refractivity contribution in [3.05, 3.63) is 58.4 Å². The molecule has 5 atom stereocenters. The summed E-state index contributed by atoms with van der Waals surface area (Å²) in [6.07, 6.45) is 1.95. The van der Waals surface area contributed by atoms with Gasteiger partial charge in [-0.1, -0.05) is 11.6 Å². The highest BCUT2D eigenvalue weighted by molar-refractivity contribution is 7.92. The van der Waals surface area contributed by atoms with Crippen LogP contribution in [0.2, 0.25) is 5.02 Å². The first-order valence-corrected chi connectivity index (χ1v) is 15.0. The summed E-state index contributed by atoms with van der Waals surface area (Å²) in [7, 11) is -4.09. The van der Waals surface area contributed by atoms with E-state index in [4.69, 9.17) is 11.6 Å². The second kappa shape index (κ2) is 10.9. The topological polar surface area (TPSA) is 142 Å². The number of carbonyl (C=O) groups excluding carboxylic acids is 3. The van der Waals surface area contributed by atoms with Crippen LogP contribution in [0.3, 0.4) is 0 Å². The molecule has 2 bridgehead atoms. The Bertz CT molecular complexity index is 1500.